The van der Waals surface area contributed by atoms with E-state index in [1.54, 1.807) is 6.07 Å². The van der Waals surface area contributed by atoms with E-state index in [1.807, 2.05) is 12.1 Å². The lowest BCUT2D eigenvalue weighted by Gasteiger charge is -2.43. The molecule has 94 valence electrons. The predicted molar refractivity (Wildman–Crippen MR) is 72.2 cm³/mol. The molecule has 0 heterocycles. The Hall–Kier alpha value is -0.410. The smallest absolute Gasteiger partial charge is 0.142 e. The zero-order valence-electron chi connectivity index (χ0n) is 10.4. The molecule has 1 aliphatic rings. The summed E-state index contributed by atoms with van der Waals surface area (Å²) >= 11 is 3.23. The summed E-state index contributed by atoms with van der Waals surface area (Å²) < 4.78 is 14.7. The van der Waals surface area contributed by atoms with Crippen molar-refractivity contribution in [3.05, 3.63) is 34.1 Å². The van der Waals surface area contributed by atoms with Gasteiger partial charge in [-0.25, -0.2) is 4.39 Å². The van der Waals surface area contributed by atoms with Gasteiger partial charge in [-0.3, -0.25) is 0 Å². The third kappa shape index (κ3) is 2.55. The minimum Gasteiger partial charge on any atom is -0.321 e. The standard InChI is InChI=1S/C14H19BrFN/c1-13(2)7-4-8-14(17,9-13)10-5-3-6-11(15)12(10)16/h3,5-6H,4,7-9,17H2,1-2H3. The number of nitrogens with two attached hydrogens (primary N) is 1. The number of halogens is 2. The van der Waals surface area contributed by atoms with Crippen molar-refractivity contribution in [3.63, 3.8) is 0 Å². The quantitative estimate of drug-likeness (QED) is 0.820. The molecule has 17 heavy (non-hydrogen) atoms. The molecule has 1 atom stereocenters. The fraction of sp³-hybridized carbons (Fsp3) is 0.571. The minimum absolute atomic E-state index is 0.196. The second-order valence-corrected chi connectivity index (χ2v) is 6.81. The van der Waals surface area contributed by atoms with Gasteiger partial charge in [-0.15, -0.1) is 0 Å². The summed E-state index contributed by atoms with van der Waals surface area (Å²) in [6.07, 6.45) is 3.94. The predicted octanol–water partition coefficient (Wildman–Crippen LogP) is 4.34. The molecule has 0 radical (unpaired) electrons. The molecule has 3 heteroatoms. The fourth-order valence-electron chi connectivity index (χ4n) is 3.03. The highest BCUT2D eigenvalue weighted by Gasteiger charge is 2.39. The van der Waals surface area contributed by atoms with Crippen LogP contribution in [0.15, 0.2) is 22.7 Å². The Morgan fingerprint density at radius 2 is 2.00 bits per heavy atom. The van der Waals surface area contributed by atoms with Crippen molar-refractivity contribution in [1.29, 1.82) is 0 Å². The molecular weight excluding hydrogens is 281 g/mol. The molecule has 0 aliphatic heterocycles. The van der Waals surface area contributed by atoms with Crippen LogP contribution in [0, 0.1) is 11.2 Å². The first-order valence-electron chi connectivity index (χ1n) is 6.07. The summed E-state index contributed by atoms with van der Waals surface area (Å²) in [5.41, 5.74) is 6.80. The number of rotatable bonds is 1. The summed E-state index contributed by atoms with van der Waals surface area (Å²) in [7, 11) is 0. The van der Waals surface area contributed by atoms with Gasteiger partial charge < -0.3 is 5.73 Å². The molecule has 0 bridgehead atoms. The molecule has 0 spiro atoms. The van der Waals surface area contributed by atoms with Crippen molar-refractivity contribution >= 4 is 15.9 Å². The molecule has 0 saturated heterocycles. The minimum atomic E-state index is -0.518. The fourth-order valence-corrected chi connectivity index (χ4v) is 3.40. The monoisotopic (exact) mass is 299 g/mol. The third-order valence-corrected chi connectivity index (χ3v) is 4.37. The van der Waals surface area contributed by atoms with Crippen LogP contribution in [0.3, 0.4) is 0 Å². The van der Waals surface area contributed by atoms with Gasteiger partial charge in [0.1, 0.15) is 5.82 Å². The Morgan fingerprint density at radius 3 is 2.65 bits per heavy atom. The van der Waals surface area contributed by atoms with Gasteiger partial charge in [0, 0.05) is 11.1 Å². The highest BCUT2D eigenvalue weighted by atomic mass is 79.9. The van der Waals surface area contributed by atoms with Crippen LogP contribution >= 0.6 is 15.9 Å². The zero-order chi connectivity index (χ0) is 12.7. The van der Waals surface area contributed by atoms with E-state index in [4.69, 9.17) is 5.73 Å². The number of hydrogen-bond acceptors (Lipinski definition) is 1. The average Bonchev–Trinajstić information content (AvgIpc) is 2.20. The lowest BCUT2D eigenvalue weighted by molar-refractivity contribution is 0.148. The lowest BCUT2D eigenvalue weighted by atomic mass is 9.66. The van der Waals surface area contributed by atoms with Crippen LogP contribution in [0.2, 0.25) is 0 Å². The van der Waals surface area contributed by atoms with Crippen LogP contribution in [0.25, 0.3) is 0 Å². The molecule has 1 aliphatic carbocycles. The topological polar surface area (TPSA) is 26.0 Å². The van der Waals surface area contributed by atoms with Gasteiger partial charge in [0.15, 0.2) is 0 Å². The molecule has 2 rings (SSSR count). The molecule has 1 fully saturated rings. The maximum atomic E-state index is 14.2. The van der Waals surface area contributed by atoms with Gasteiger partial charge in [-0.2, -0.15) is 0 Å². The first kappa shape index (κ1) is 13.0. The van der Waals surface area contributed by atoms with E-state index in [9.17, 15) is 4.39 Å². The molecule has 1 aromatic carbocycles. The maximum Gasteiger partial charge on any atom is 0.142 e. The second-order valence-electron chi connectivity index (χ2n) is 5.95. The van der Waals surface area contributed by atoms with Crippen molar-refractivity contribution in [2.75, 3.05) is 0 Å². The average molecular weight is 300 g/mol. The Morgan fingerprint density at radius 1 is 1.29 bits per heavy atom. The number of hydrogen-bond donors (Lipinski definition) is 1. The first-order valence-corrected chi connectivity index (χ1v) is 6.87. The summed E-state index contributed by atoms with van der Waals surface area (Å²) in [5.74, 6) is -0.201. The van der Waals surface area contributed by atoms with E-state index in [2.05, 4.69) is 29.8 Å². The Balaban J connectivity index is 2.41. The molecule has 2 N–H and O–H groups in total. The summed E-state index contributed by atoms with van der Waals surface area (Å²) in [4.78, 5) is 0. The van der Waals surface area contributed by atoms with Crippen molar-refractivity contribution in [2.45, 2.75) is 45.1 Å². The molecular formula is C14H19BrFN. The van der Waals surface area contributed by atoms with Gasteiger partial charge in [-0.1, -0.05) is 32.4 Å². The van der Waals surface area contributed by atoms with E-state index in [-0.39, 0.29) is 11.2 Å². The highest BCUT2D eigenvalue weighted by Crippen LogP contribution is 2.45. The van der Waals surface area contributed by atoms with Crippen LogP contribution in [0.4, 0.5) is 4.39 Å². The molecule has 1 aromatic rings. The van der Waals surface area contributed by atoms with Crippen LogP contribution in [0.5, 0.6) is 0 Å². The first-order chi connectivity index (χ1) is 7.84. The van der Waals surface area contributed by atoms with Gasteiger partial charge in [0.2, 0.25) is 0 Å². The van der Waals surface area contributed by atoms with Crippen molar-refractivity contribution in [1.82, 2.24) is 0 Å². The highest BCUT2D eigenvalue weighted by molar-refractivity contribution is 9.10. The maximum absolute atomic E-state index is 14.2. The normalized spacial score (nSPS) is 28.1. The summed E-state index contributed by atoms with van der Waals surface area (Å²) in [5, 5.41) is 0. The molecule has 0 amide bonds. The summed E-state index contributed by atoms with van der Waals surface area (Å²) in [6, 6.07) is 5.40. The van der Waals surface area contributed by atoms with E-state index < -0.39 is 5.54 Å². The lowest BCUT2D eigenvalue weighted by Crippen LogP contribution is -2.44. The molecule has 0 aromatic heterocycles. The van der Waals surface area contributed by atoms with E-state index in [1.165, 1.54) is 6.42 Å². The number of benzene rings is 1. The van der Waals surface area contributed by atoms with Crippen LogP contribution in [-0.2, 0) is 5.54 Å². The Bertz CT molecular complexity index is 430. The second kappa shape index (κ2) is 4.36. The van der Waals surface area contributed by atoms with Crippen molar-refractivity contribution in [2.24, 2.45) is 11.1 Å². The van der Waals surface area contributed by atoms with Crippen LogP contribution in [-0.4, -0.2) is 0 Å². The van der Waals surface area contributed by atoms with Gasteiger partial charge in [0.05, 0.1) is 4.47 Å². The molecule has 1 unspecified atom stereocenters. The van der Waals surface area contributed by atoms with Gasteiger partial charge in [0.25, 0.3) is 0 Å². The van der Waals surface area contributed by atoms with Crippen molar-refractivity contribution < 1.29 is 4.39 Å². The SMILES string of the molecule is CC1(C)CCCC(N)(c2cccc(Br)c2F)C1. The third-order valence-electron chi connectivity index (χ3n) is 3.76. The van der Waals surface area contributed by atoms with Crippen LogP contribution in [0.1, 0.15) is 45.1 Å². The van der Waals surface area contributed by atoms with Crippen LogP contribution < -0.4 is 5.73 Å². The molecule has 1 nitrogen and oxygen atoms in total. The Kier molecular flexibility index (Phi) is 3.34. The Labute approximate surface area is 111 Å². The van der Waals surface area contributed by atoms with Gasteiger partial charge in [-0.05, 0) is 46.7 Å². The van der Waals surface area contributed by atoms with E-state index in [0.29, 0.717) is 10.0 Å². The van der Waals surface area contributed by atoms with E-state index >= 15 is 0 Å². The van der Waals surface area contributed by atoms with Gasteiger partial charge >= 0.3 is 0 Å². The summed E-state index contributed by atoms with van der Waals surface area (Å²) in [6.45, 7) is 4.42. The zero-order valence-corrected chi connectivity index (χ0v) is 12.0. The largest absolute Gasteiger partial charge is 0.321 e. The van der Waals surface area contributed by atoms with Crippen molar-refractivity contribution in [3.8, 4) is 0 Å². The molecule has 1 saturated carbocycles. The van der Waals surface area contributed by atoms with E-state index in [0.717, 1.165) is 19.3 Å².